The Bertz CT molecular complexity index is 1290. The highest BCUT2D eigenvalue weighted by Gasteiger charge is 2.14. The Balaban J connectivity index is 1.22. The third-order valence-electron chi connectivity index (χ3n) is 6.50. The zero-order valence-electron chi connectivity index (χ0n) is 19.6. The third kappa shape index (κ3) is 5.42. The SMILES string of the molecule is COc1cc(OCC2CCCCC2)ccc1/C=C/c1cc(/C=C/c2ccc3cc[nH]c3c2)n[nH]1. The third-order valence-corrected chi connectivity index (χ3v) is 6.50. The van der Waals surface area contributed by atoms with Gasteiger partial charge >= 0.3 is 0 Å². The number of hydrogen-bond acceptors (Lipinski definition) is 3. The van der Waals surface area contributed by atoms with Crippen LogP contribution in [0.4, 0.5) is 0 Å². The van der Waals surface area contributed by atoms with Gasteiger partial charge in [-0.05, 0) is 78.3 Å². The minimum atomic E-state index is 0.680. The van der Waals surface area contributed by atoms with Crippen LogP contribution in [0.1, 0.15) is 54.6 Å². The van der Waals surface area contributed by atoms with Gasteiger partial charge in [0.1, 0.15) is 11.5 Å². The molecular formula is C29H31N3O2. The molecule has 2 aromatic heterocycles. The molecule has 0 radical (unpaired) electrons. The molecule has 0 spiro atoms. The van der Waals surface area contributed by atoms with Gasteiger partial charge in [-0.2, -0.15) is 5.10 Å². The van der Waals surface area contributed by atoms with Crippen molar-refractivity contribution in [3.05, 3.63) is 77.2 Å². The fourth-order valence-corrected chi connectivity index (χ4v) is 4.54. The standard InChI is InChI=1S/C29H31N3O2/c1-33-29-19-27(34-20-22-5-3-2-4-6-22)14-11-24(29)10-13-26-18-25(31-32-26)12-8-21-7-9-23-15-16-30-28(23)17-21/h7-19,22,30H,2-6,20H2,1H3,(H,31,32)/b12-8+,13-10+. The molecule has 0 saturated heterocycles. The first-order valence-corrected chi connectivity index (χ1v) is 12.1. The summed E-state index contributed by atoms with van der Waals surface area (Å²) in [6.45, 7) is 0.793. The Morgan fingerprint density at radius 1 is 0.941 bits per heavy atom. The number of rotatable bonds is 8. The Morgan fingerprint density at radius 2 is 1.85 bits per heavy atom. The van der Waals surface area contributed by atoms with Crippen molar-refractivity contribution in [1.29, 1.82) is 0 Å². The summed E-state index contributed by atoms with van der Waals surface area (Å²) in [5.41, 5.74) is 5.07. The van der Waals surface area contributed by atoms with Crippen LogP contribution in [0.2, 0.25) is 0 Å². The van der Waals surface area contributed by atoms with E-state index in [0.717, 1.165) is 46.1 Å². The summed E-state index contributed by atoms with van der Waals surface area (Å²) >= 11 is 0. The lowest BCUT2D eigenvalue weighted by molar-refractivity contribution is 0.208. The Morgan fingerprint density at radius 3 is 2.74 bits per heavy atom. The van der Waals surface area contributed by atoms with E-state index in [2.05, 4.69) is 45.5 Å². The number of aromatic amines is 2. The summed E-state index contributed by atoms with van der Waals surface area (Å²) in [6.07, 6.45) is 16.7. The maximum atomic E-state index is 6.06. The molecule has 174 valence electrons. The van der Waals surface area contributed by atoms with Crippen LogP contribution >= 0.6 is 0 Å². The van der Waals surface area contributed by atoms with Crippen LogP contribution in [-0.4, -0.2) is 28.9 Å². The van der Waals surface area contributed by atoms with Gasteiger partial charge in [0.2, 0.25) is 0 Å². The van der Waals surface area contributed by atoms with E-state index in [-0.39, 0.29) is 0 Å². The van der Waals surface area contributed by atoms with E-state index in [1.807, 2.05) is 48.7 Å². The highest BCUT2D eigenvalue weighted by Crippen LogP contribution is 2.29. The number of methoxy groups -OCH3 is 1. The molecule has 0 unspecified atom stereocenters. The van der Waals surface area contributed by atoms with E-state index in [9.17, 15) is 0 Å². The van der Waals surface area contributed by atoms with Gasteiger partial charge in [-0.25, -0.2) is 0 Å². The van der Waals surface area contributed by atoms with Crippen molar-refractivity contribution in [2.75, 3.05) is 13.7 Å². The maximum Gasteiger partial charge on any atom is 0.129 e. The Kier molecular flexibility index (Phi) is 6.80. The van der Waals surface area contributed by atoms with E-state index in [1.54, 1.807) is 7.11 Å². The predicted octanol–water partition coefficient (Wildman–Crippen LogP) is 7.20. The number of aromatic nitrogens is 3. The fourth-order valence-electron chi connectivity index (χ4n) is 4.54. The van der Waals surface area contributed by atoms with Crippen LogP contribution in [0.15, 0.2) is 54.7 Å². The average molecular weight is 454 g/mol. The zero-order chi connectivity index (χ0) is 23.2. The molecule has 1 fully saturated rings. The van der Waals surface area contributed by atoms with Crippen LogP contribution in [-0.2, 0) is 0 Å². The van der Waals surface area contributed by atoms with Gasteiger partial charge in [0.25, 0.3) is 0 Å². The van der Waals surface area contributed by atoms with Crippen molar-refractivity contribution in [2.24, 2.45) is 5.92 Å². The Hall–Kier alpha value is -3.73. The van der Waals surface area contributed by atoms with Crippen molar-refractivity contribution in [1.82, 2.24) is 15.2 Å². The molecule has 4 aromatic rings. The normalized spacial score (nSPS) is 15.0. The molecule has 34 heavy (non-hydrogen) atoms. The number of nitrogens with one attached hydrogen (secondary N) is 2. The van der Waals surface area contributed by atoms with Gasteiger partial charge in [0.15, 0.2) is 0 Å². The highest BCUT2D eigenvalue weighted by molar-refractivity contribution is 5.83. The Labute approximate surface area is 200 Å². The van der Waals surface area contributed by atoms with Crippen molar-refractivity contribution in [3.8, 4) is 11.5 Å². The van der Waals surface area contributed by atoms with Crippen LogP contribution in [0, 0.1) is 5.92 Å². The van der Waals surface area contributed by atoms with Crippen molar-refractivity contribution in [2.45, 2.75) is 32.1 Å². The first kappa shape index (κ1) is 22.1. The van der Waals surface area contributed by atoms with Crippen molar-refractivity contribution in [3.63, 3.8) is 0 Å². The lowest BCUT2D eigenvalue weighted by Gasteiger charge is -2.21. The number of H-pyrrole nitrogens is 2. The van der Waals surface area contributed by atoms with Gasteiger partial charge in [-0.1, -0.05) is 37.5 Å². The highest BCUT2D eigenvalue weighted by atomic mass is 16.5. The molecule has 2 N–H and O–H groups in total. The topological polar surface area (TPSA) is 62.9 Å². The molecule has 2 aromatic carbocycles. The van der Waals surface area contributed by atoms with E-state index in [4.69, 9.17) is 9.47 Å². The average Bonchev–Trinajstić information content (AvgIpc) is 3.55. The van der Waals surface area contributed by atoms with E-state index in [1.165, 1.54) is 37.5 Å². The van der Waals surface area contributed by atoms with Gasteiger partial charge in [-0.3, -0.25) is 5.10 Å². The molecule has 1 saturated carbocycles. The quantitative estimate of drug-likeness (QED) is 0.296. The number of hydrogen-bond donors (Lipinski definition) is 2. The second-order valence-electron chi connectivity index (χ2n) is 8.96. The number of ether oxygens (including phenoxy) is 2. The van der Waals surface area contributed by atoms with Crippen molar-refractivity contribution >= 4 is 35.2 Å². The fraction of sp³-hybridized carbons (Fsp3) is 0.276. The first-order valence-electron chi connectivity index (χ1n) is 12.1. The van der Waals surface area contributed by atoms with Gasteiger partial charge < -0.3 is 14.5 Å². The van der Waals surface area contributed by atoms with E-state index < -0.39 is 0 Å². The molecular weight excluding hydrogens is 422 g/mol. The second-order valence-corrected chi connectivity index (χ2v) is 8.96. The van der Waals surface area contributed by atoms with Gasteiger partial charge in [-0.15, -0.1) is 0 Å². The smallest absolute Gasteiger partial charge is 0.129 e. The van der Waals surface area contributed by atoms with E-state index >= 15 is 0 Å². The molecule has 1 aliphatic carbocycles. The molecule has 0 atom stereocenters. The summed E-state index contributed by atoms with van der Waals surface area (Å²) in [5, 5.41) is 8.69. The largest absolute Gasteiger partial charge is 0.496 e. The number of benzene rings is 2. The van der Waals surface area contributed by atoms with Crippen LogP contribution in [0.5, 0.6) is 11.5 Å². The van der Waals surface area contributed by atoms with Crippen molar-refractivity contribution < 1.29 is 9.47 Å². The number of fused-ring (bicyclic) bond motifs is 1. The molecule has 2 heterocycles. The van der Waals surface area contributed by atoms with Crippen LogP contribution in [0.3, 0.4) is 0 Å². The second kappa shape index (κ2) is 10.5. The van der Waals surface area contributed by atoms with Gasteiger partial charge in [0, 0.05) is 23.3 Å². The molecule has 5 nitrogen and oxygen atoms in total. The lowest BCUT2D eigenvalue weighted by Crippen LogP contribution is -2.15. The predicted molar refractivity (Wildman–Crippen MR) is 140 cm³/mol. The molecule has 0 aliphatic heterocycles. The molecule has 5 heteroatoms. The summed E-state index contributed by atoms with van der Waals surface area (Å²) in [4.78, 5) is 3.25. The summed E-state index contributed by atoms with van der Waals surface area (Å²) < 4.78 is 11.7. The molecule has 1 aliphatic rings. The summed E-state index contributed by atoms with van der Waals surface area (Å²) in [7, 11) is 1.70. The molecule has 0 bridgehead atoms. The monoisotopic (exact) mass is 453 g/mol. The first-order chi connectivity index (χ1) is 16.8. The molecule has 0 amide bonds. The lowest BCUT2D eigenvalue weighted by atomic mass is 9.90. The minimum Gasteiger partial charge on any atom is -0.496 e. The van der Waals surface area contributed by atoms with Crippen LogP contribution < -0.4 is 9.47 Å². The van der Waals surface area contributed by atoms with E-state index in [0.29, 0.717) is 5.92 Å². The zero-order valence-corrected chi connectivity index (χ0v) is 19.6. The summed E-state index contributed by atoms with van der Waals surface area (Å²) in [5.74, 6) is 2.35. The molecule has 5 rings (SSSR count). The minimum absolute atomic E-state index is 0.680. The summed E-state index contributed by atoms with van der Waals surface area (Å²) in [6, 6.07) is 16.5. The van der Waals surface area contributed by atoms with Crippen LogP contribution in [0.25, 0.3) is 35.2 Å². The van der Waals surface area contributed by atoms with Gasteiger partial charge in [0.05, 0.1) is 25.1 Å². The maximum absolute atomic E-state index is 6.06. The number of nitrogens with zero attached hydrogens (tertiary/aromatic N) is 1.